The molecule has 13 heavy (non-hydrogen) atoms. The molecule has 0 aromatic carbocycles. The third-order valence-corrected chi connectivity index (χ3v) is 1.71. The summed E-state index contributed by atoms with van der Waals surface area (Å²) in [6.07, 6.45) is 0.962. The molecule has 1 aliphatic rings. The molecular formula is C9H16O4. The lowest BCUT2D eigenvalue weighted by atomic mass is 9.86. The largest absolute Gasteiger partial charge is 0.397 e. The molecular weight excluding hydrogens is 172 g/mol. The van der Waals surface area contributed by atoms with Crippen molar-refractivity contribution in [3.05, 3.63) is 0 Å². The number of aliphatic hydroxyl groups excluding tert-OH is 1. The predicted molar refractivity (Wildman–Crippen MR) is 46.9 cm³/mol. The number of aliphatic hydroxyl groups is 1. The molecule has 0 radical (unpaired) electrons. The molecule has 0 aromatic heterocycles. The van der Waals surface area contributed by atoms with E-state index in [0.717, 1.165) is 0 Å². The van der Waals surface area contributed by atoms with Crippen molar-refractivity contribution in [2.75, 3.05) is 6.61 Å². The molecule has 0 aliphatic carbocycles. The lowest BCUT2D eigenvalue weighted by Gasteiger charge is -2.25. The average molecular weight is 188 g/mol. The van der Waals surface area contributed by atoms with Crippen LogP contribution in [0.15, 0.2) is 0 Å². The molecule has 0 spiro atoms. The molecule has 1 heterocycles. The Morgan fingerprint density at radius 1 is 1.46 bits per heavy atom. The van der Waals surface area contributed by atoms with Crippen LogP contribution in [0.1, 0.15) is 33.6 Å². The molecule has 4 nitrogen and oxygen atoms in total. The van der Waals surface area contributed by atoms with Crippen molar-refractivity contribution in [2.24, 2.45) is 5.41 Å². The minimum atomic E-state index is -0.464. The zero-order valence-corrected chi connectivity index (χ0v) is 8.29. The fraction of sp³-hybridized carbons (Fsp3) is 0.778. The first-order valence-electron chi connectivity index (χ1n) is 4.30. The van der Waals surface area contributed by atoms with E-state index >= 15 is 0 Å². The van der Waals surface area contributed by atoms with Gasteiger partial charge in [-0.1, -0.05) is 0 Å². The van der Waals surface area contributed by atoms with Crippen LogP contribution < -0.4 is 0 Å². The van der Waals surface area contributed by atoms with Crippen LogP contribution in [-0.4, -0.2) is 23.7 Å². The maximum absolute atomic E-state index is 10.9. The van der Waals surface area contributed by atoms with E-state index in [9.17, 15) is 9.59 Å². The van der Waals surface area contributed by atoms with Crippen LogP contribution in [0.25, 0.3) is 0 Å². The molecule has 76 valence electrons. The standard InChI is InChI=1S/C7H10O3.C2H6O/c1-7(2)4-3-5(8)10-6(7)9;1-2-3/h3-4H2,1-2H3;3H,2H2,1H3. The minimum absolute atomic E-state index is 0.250. The van der Waals surface area contributed by atoms with Crippen LogP contribution in [0.3, 0.4) is 0 Å². The predicted octanol–water partition coefficient (Wildman–Crippen LogP) is 0.875. The van der Waals surface area contributed by atoms with Crippen molar-refractivity contribution >= 4 is 11.9 Å². The first kappa shape index (κ1) is 12.1. The molecule has 0 aromatic rings. The summed E-state index contributed by atoms with van der Waals surface area (Å²) in [5.41, 5.74) is -0.464. The Hall–Kier alpha value is -0.900. The smallest absolute Gasteiger partial charge is 0.319 e. The number of cyclic esters (lactones) is 2. The van der Waals surface area contributed by atoms with Crippen molar-refractivity contribution in [1.82, 2.24) is 0 Å². The van der Waals surface area contributed by atoms with E-state index in [2.05, 4.69) is 4.74 Å². The summed E-state index contributed by atoms with van der Waals surface area (Å²) in [5, 5.41) is 7.57. The van der Waals surface area contributed by atoms with Gasteiger partial charge in [0.25, 0.3) is 0 Å². The van der Waals surface area contributed by atoms with Gasteiger partial charge in [-0.25, -0.2) is 0 Å². The first-order chi connectivity index (χ1) is 5.94. The monoisotopic (exact) mass is 188 g/mol. The van der Waals surface area contributed by atoms with Crippen LogP contribution in [0.4, 0.5) is 0 Å². The first-order valence-corrected chi connectivity index (χ1v) is 4.30. The highest BCUT2D eigenvalue weighted by molar-refractivity contribution is 5.91. The fourth-order valence-corrected chi connectivity index (χ4v) is 0.809. The van der Waals surface area contributed by atoms with Crippen LogP contribution in [0.2, 0.25) is 0 Å². The van der Waals surface area contributed by atoms with Crippen LogP contribution in [-0.2, 0) is 14.3 Å². The molecule has 1 fully saturated rings. The molecule has 0 atom stereocenters. The van der Waals surface area contributed by atoms with Crippen molar-refractivity contribution in [3.8, 4) is 0 Å². The van der Waals surface area contributed by atoms with Gasteiger partial charge >= 0.3 is 11.9 Å². The maximum atomic E-state index is 10.9. The Morgan fingerprint density at radius 3 is 2.23 bits per heavy atom. The minimum Gasteiger partial charge on any atom is -0.397 e. The molecule has 1 aliphatic heterocycles. The SMILES string of the molecule is CC1(C)CCC(=O)OC1=O.CCO. The van der Waals surface area contributed by atoms with Crippen LogP contribution >= 0.6 is 0 Å². The molecule has 0 saturated carbocycles. The fourth-order valence-electron chi connectivity index (χ4n) is 0.809. The van der Waals surface area contributed by atoms with Gasteiger partial charge in [-0.15, -0.1) is 0 Å². The lowest BCUT2D eigenvalue weighted by molar-refractivity contribution is -0.172. The van der Waals surface area contributed by atoms with Gasteiger partial charge in [0.2, 0.25) is 0 Å². The van der Waals surface area contributed by atoms with E-state index < -0.39 is 17.4 Å². The highest BCUT2D eigenvalue weighted by Gasteiger charge is 2.35. The van der Waals surface area contributed by atoms with Gasteiger partial charge < -0.3 is 9.84 Å². The zero-order chi connectivity index (χ0) is 10.5. The number of hydrogen-bond donors (Lipinski definition) is 1. The number of ether oxygens (including phenoxy) is 1. The third kappa shape index (κ3) is 4.03. The summed E-state index contributed by atoms with van der Waals surface area (Å²) < 4.78 is 4.42. The zero-order valence-electron chi connectivity index (χ0n) is 8.29. The van der Waals surface area contributed by atoms with Gasteiger partial charge in [-0.05, 0) is 27.2 Å². The van der Waals surface area contributed by atoms with Gasteiger partial charge in [0.1, 0.15) is 0 Å². The summed E-state index contributed by atoms with van der Waals surface area (Å²) in [6.45, 7) is 5.49. The van der Waals surface area contributed by atoms with Gasteiger partial charge in [0.15, 0.2) is 0 Å². The highest BCUT2D eigenvalue weighted by Crippen LogP contribution is 2.28. The Kier molecular flexibility index (Phi) is 4.62. The number of rotatable bonds is 0. The molecule has 1 N–H and O–H groups in total. The summed E-state index contributed by atoms with van der Waals surface area (Å²) in [4.78, 5) is 21.4. The van der Waals surface area contributed by atoms with E-state index in [1.165, 1.54) is 0 Å². The summed E-state index contributed by atoms with van der Waals surface area (Å²) in [7, 11) is 0. The van der Waals surface area contributed by atoms with E-state index in [4.69, 9.17) is 5.11 Å². The van der Waals surface area contributed by atoms with E-state index in [1.807, 2.05) is 0 Å². The summed E-state index contributed by atoms with van der Waals surface area (Å²) >= 11 is 0. The number of carbonyl (C=O) groups excluding carboxylic acids is 2. The molecule has 0 unspecified atom stereocenters. The Labute approximate surface area is 77.9 Å². The third-order valence-electron chi connectivity index (χ3n) is 1.71. The highest BCUT2D eigenvalue weighted by atomic mass is 16.6. The van der Waals surface area contributed by atoms with E-state index in [1.54, 1.807) is 20.8 Å². The van der Waals surface area contributed by atoms with Gasteiger partial charge in [-0.3, -0.25) is 9.59 Å². The van der Waals surface area contributed by atoms with Gasteiger partial charge in [0.05, 0.1) is 5.41 Å². The lowest BCUT2D eigenvalue weighted by Crippen LogP contribution is -2.34. The Morgan fingerprint density at radius 2 is 1.92 bits per heavy atom. The van der Waals surface area contributed by atoms with E-state index in [-0.39, 0.29) is 6.61 Å². The topological polar surface area (TPSA) is 63.6 Å². The van der Waals surface area contributed by atoms with Crippen LogP contribution in [0, 0.1) is 5.41 Å². The molecule has 4 heteroatoms. The second-order valence-electron chi connectivity index (χ2n) is 3.46. The van der Waals surface area contributed by atoms with Gasteiger partial charge in [0, 0.05) is 13.0 Å². The molecule has 0 amide bonds. The van der Waals surface area contributed by atoms with Crippen molar-refractivity contribution in [3.63, 3.8) is 0 Å². The number of carbonyl (C=O) groups is 2. The van der Waals surface area contributed by atoms with Gasteiger partial charge in [-0.2, -0.15) is 0 Å². The quantitative estimate of drug-likeness (QED) is 0.452. The Balaban J connectivity index is 0.000000424. The van der Waals surface area contributed by atoms with Crippen molar-refractivity contribution in [1.29, 1.82) is 0 Å². The average Bonchev–Trinajstić information content (AvgIpc) is 2.00. The van der Waals surface area contributed by atoms with Crippen LogP contribution in [0.5, 0.6) is 0 Å². The molecule has 0 bridgehead atoms. The normalized spacial score (nSPS) is 20.0. The van der Waals surface area contributed by atoms with Crippen molar-refractivity contribution in [2.45, 2.75) is 33.6 Å². The number of hydrogen-bond acceptors (Lipinski definition) is 4. The second-order valence-corrected chi connectivity index (χ2v) is 3.46. The second kappa shape index (κ2) is 4.97. The molecule has 1 rings (SSSR count). The molecule has 1 saturated heterocycles. The summed E-state index contributed by atoms with van der Waals surface area (Å²) in [5.74, 6) is -0.798. The summed E-state index contributed by atoms with van der Waals surface area (Å²) in [6, 6.07) is 0. The maximum Gasteiger partial charge on any atom is 0.319 e. The Bertz CT molecular complexity index is 196. The van der Waals surface area contributed by atoms with Crippen molar-refractivity contribution < 1.29 is 19.4 Å². The number of esters is 2. The van der Waals surface area contributed by atoms with E-state index in [0.29, 0.717) is 12.8 Å².